The van der Waals surface area contributed by atoms with Crippen molar-refractivity contribution in [3.05, 3.63) is 42.7 Å². The van der Waals surface area contributed by atoms with E-state index < -0.39 is 0 Å². The average Bonchev–Trinajstić information content (AvgIpc) is 3.16. The molecule has 2 amide bonds. The van der Waals surface area contributed by atoms with Crippen LogP contribution in [0.5, 0.6) is 0 Å². The minimum absolute atomic E-state index is 0.0664. The Bertz CT molecular complexity index is 689. The number of hydrogen-bond acceptors (Lipinski definition) is 3. The fraction of sp³-hybridized carbons (Fsp3) is 0.312. The molecule has 1 aliphatic heterocycles. The fourth-order valence-electron chi connectivity index (χ4n) is 2.60. The normalized spacial score (nSPS) is 17.0. The molecule has 1 aliphatic rings. The predicted octanol–water partition coefficient (Wildman–Crippen LogP) is 2.66. The van der Waals surface area contributed by atoms with E-state index in [9.17, 15) is 4.79 Å². The first-order valence-corrected chi connectivity index (χ1v) is 7.37. The lowest BCUT2D eigenvalue weighted by molar-refractivity contribution is 0.209. The van der Waals surface area contributed by atoms with E-state index in [1.165, 1.54) is 0 Å². The van der Waals surface area contributed by atoms with Crippen LogP contribution in [0.25, 0.3) is 11.4 Å². The van der Waals surface area contributed by atoms with Crippen molar-refractivity contribution in [2.24, 2.45) is 7.05 Å². The summed E-state index contributed by atoms with van der Waals surface area (Å²) in [5, 5.41) is 10.9. The highest BCUT2D eigenvalue weighted by molar-refractivity contribution is 5.90. The molecule has 0 saturated heterocycles. The van der Waals surface area contributed by atoms with Crippen LogP contribution in [-0.4, -0.2) is 38.3 Å². The Labute approximate surface area is 129 Å². The van der Waals surface area contributed by atoms with Gasteiger partial charge in [0.15, 0.2) is 5.82 Å². The van der Waals surface area contributed by atoms with Crippen molar-refractivity contribution in [3.63, 3.8) is 0 Å². The molecule has 3 rings (SSSR count). The summed E-state index contributed by atoms with van der Waals surface area (Å²) in [5.41, 5.74) is 1.74. The number of urea groups is 1. The maximum Gasteiger partial charge on any atom is 0.322 e. The van der Waals surface area contributed by atoms with Gasteiger partial charge in [0, 0.05) is 24.8 Å². The molecule has 0 bridgehead atoms. The van der Waals surface area contributed by atoms with E-state index in [1.807, 2.05) is 46.9 Å². The van der Waals surface area contributed by atoms with Crippen LogP contribution >= 0.6 is 0 Å². The lowest BCUT2D eigenvalue weighted by Gasteiger charge is -2.23. The first kappa shape index (κ1) is 14.3. The average molecular weight is 297 g/mol. The Kier molecular flexibility index (Phi) is 3.91. The van der Waals surface area contributed by atoms with Gasteiger partial charge >= 0.3 is 6.03 Å². The highest BCUT2D eigenvalue weighted by Gasteiger charge is 2.23. The molecule has 1 aromatic carbocycles. The van der Waals surface area contributed by atoms with Gasteiger partial charge in [-0.25, -0.2) is 4.79 Å². The van der Waals surface area contributed by atoms with Gasteiger partial charge in [0.2, 0.25) is 0 Å². The van der Waals surface area contributed by atoms with Crippen LogP contribution in [0.2, 0.25) is 0 Å². The van der Waals surface area contributed by atoms with E-state index in [0.29, 0.717) is 6.54 Å². The minimum Gasteiger partial charge on any atom is -0.317 e. The Morgan fingerprint density at radius 1 is 1.36 bits per heavy atom. The number of nitrogens with zero attached hydrogens (tertiary/aromatic N) is 4. The molecule has 6 heteroatoms. The number of carbonyl (C=O) groups excluding carboxylic acids is 1. The van der Waals surface area contributed by atoms with Crippen molar-refractivity contribution in [3.8, 4) is 11.4 Å². The zero-order chi connectivity index (χ0) is 15.5. The van der Waals surface area contributed by atoms with Crippen molar-refractivity contribution in [1.82, 2.24) is 19.7 Å². The first-order valence-electron chi connectivity index (χ1n) is 7.37. The van der Waals surface area contributed by atoms with E-state index in [0.717, 1.165) is 23.5 Å². The van der Waals surface area contributed by atoms with Gasteiger partial charge in [0.05, 0.1) is 6.04 Å². The molecule has 0 saturated carbocycles. The Morgan fingerprint density at radius 2 is 2.14 bits per heavy atom. The van der Waals surface area contributed by atoms with Gasteiger partial charge in [-0.15, -0.1) is 10.2 Å². The summed E-state index contributed by atoms with van der Waals surface area (Å²) < 4.78 is 1.86. The molecule has 2 heterocycles. The fourth-order valence-corrected chi connectivity index (χ4v) is 2.60. The van der Waals surface area contributed by atoms with Crippen molar-refractivity contribution in [2.75, 3.05) is 11.9 Å². The van der Waals surface area contributed by atoms with Gasteiger partial charge in [-0.05, 0) is 30.7 Å². The molecule has 1 aromatic heterocycles. The van der Waals surface area contributed by atoms with Crippen LogP contribution in [0.1, 0.15) is 13.3 Å². The maximum atomic E-state index is 12.3. The Morgan fingerprint density at radius 3 is 2.77 bits per heavy atom. The molecule has 1 unspecified atom stereocenters. The molecule has 6 nitrogen and oxygen atoms in total. The molecule has 114 valence electrons. The van der Waals surface area contributed by atoms with Gasteiger partial charge in [-0.2, -0.15) is 0 Å². The summed E-state index contributed by atoms with van der Waals surface area (Å²) in [6.45, 7) is 2.75. The summed E-state index contributed by atoms with van der Waals surface area (Å²) in [4.78, 5) is 14.1. The van der Waals surface area contributed by atoms with Gasteiger partial charge in [-0.3, -0.25) is 0 Å². The van der Waals surface area contributed by atoms with Crippen LogP contribution in [0.4, 0.5) is 10.5 Å². The molecule has 0 aliphatic carbocycles. The lowest BCUT2D eigenvalue weighted by Crippen LogP contribution is -2.38. The lowest BCUT2D eigenvalue weighted by atomic mass is 10.2. The minimum atomic E-state index is -0.0664. The summed E-state index contributed by atoms with van der Waals surface area (Å²) in [7, 11) is 1.90. The number of carbonyl (C=O) groups is 1. The number of aromatic nitrogens is 3. The second-order valence-electron chi connectivity index (χ2n) is 5.33. The Hall–Kier alpha value is -2.63. The summed E-state index contributed by atoms with van der Waals surface area (Å²) >= 11 is 0. The van der Waals surface area contributed by atoms with E-state index in [4.69, 9.17) is 0 Å². The maximum absolute atomic E-state index is 12.3. The van der Waals surface area contributed by atoms with E-state index >= 15 is 0 Å². The van der Waals surface area contributed by atoms with Gasteiger partial charge in [0.1, 0.15) is 6.33 Å². The van der Waals surface area contributed by atoms with Crippen LogP contribution in [0, 0.1) is 0 Å². The summed E-state index contributed by atoms with van der Waals surface area (Å²) in [6.07, 6.45) is 6.70. The standard InChI is InChI=1S/C16H19N5O/c1-3-14-5-4-10-21(14)16(22)18-13-8-6-12(7-9-13)15-19-17-11-20(15)2/h4-9,11,14H,3,10H2,1-2H3,(H,18,22). The molecular formula is C16H19N5O. The molecule has 1 N–H and O–H groups in total. The topological polar surface area (TPSA) is 63.1 Å². The number of aryl methyl sites for hydroxylation is 1. The van der Waals surface area contributed by atoms with Crippen molar-refractivity contribution >= 4 is 11.7 Å². The van der Waals surface area contributed by atoms with Crippen LogP contribution in [0.3, 0.4) is 0 Å². The third kappa shape index (κ3) is 2.72. The van der Waals surface area contributed by atoms with E-state index in [1.54, 1.807) is 6.33 Å². The summed E-state index contributed by atoms with van der Waals surface area (Å²) in [6, 6.07) is 7.75. The summed E-state index contributed by atoms with van der Waals surface area (Å²) in [5.74, 6) is 0.799. The third-order valence-corrected chi connectivity index (χ3v) is 3.85. The van der Waals surface area contributed by atoms with Crippen LogP contribution < -0.4 is 5.32 Å². The first-order chi connectivity index (χ1) is 10.7. The predicted molar refractivity (Wildman–Crippen MR) is 85.4 cm³/mol. The number of hydrogen-bond donors (Lipinski definition) is 1. The molecule has 2 aromatic rings. The number of benzene rings is 1. The molecular weight excluding hydrogens is 278 g/mol. The highest BCUT2D eigenvalue weighted by atomic mass is 16.2. The van der Waals surface area contributed by atoms with Gasteiger partial charge in [0.25, 0.3) is 0 Å². The molecule has 22 heavy (non-hydrogen) atoms. The van der Waals surface area contributed by atoms with Crippen LogP contribution in [-0.2, 0) is 7.05 Å². The molecule has 0 fully saturated rings. The van der Waals surface area contributed by atoms with Crippen LogP contribution in [0.15, 0.2) is 42.7 Å². The zero-order valence-electron chi connectivity index (χ0n) is 12.7. The molecule has 1 atom stereocenters. The largest absolute Gasteiger partial charge is 0.322 e. The molecule has 0 spiro atoms. The number of anilines is 1. The van der Waals surface area contributed by atoms with Crippen molar-refractivity contribution < 1.29 is 4.79 Å². The monoisotopic (exact) mass is 297 g/mol. The Balaban J connectivity index is 1.69. The highest BCUT2D eigenvalue weighted by Crippen LogP contribution is 2.20. The van der Waals surface area contributed by atoms with E-state index in [-0.39, 0.29) is 12.1 Å². The number of rotatable bonds is 3. The molecule has 0 radical (unpaired) electrons. The number of amides is 2. The van der Waals surface area contributed by atoms with Crippen molar-refractivity contribution in [1.29, 1.82) is 0 Å². The second-order valence-corrected chi connectivity index (χ2v) is 5.33. The van der Waals surface area contributed by atoms with Crippen molar-refractivity contribution in [2.45, 2.75) is 19.4 Å². The van der Waals surface area contributed by atoms with E-state index in [2.05, 4.69) is 28.5 Å². The number of nitrogens with one attached hydrogen (secondary N) is 1. The SMILES string of the molecule is CCC1C=CCN1C(=O)Nc1ccc(-c2nncn2C)cc1. The van der Waals surface area contributed by atoms with Gasteiger partial charge in [-0.1, -0.05) is 19.1 Å². The second kappa shape index (κ2) is 6.01. The smallest absolute Gasteiger partial charge is 0.317 e. The quantitative estimate of drug-likeness (QED) is 0.886. The third-order valence-electron chi connectivity index (χ3n) is 3.85. The van der Waals surface area contributed by atoms with Gasteiger partial charge < -0.3 is 14.8 Å². The zero-order valence-corrected chi connectivity index (χ0v) is 12.7.